The van der Waals surface area contributed by atoms with Crippen molar-refractivity contribution in [2.45, 2.75) is 37.8 Å². The number of quaternary nitrogens is 1. The lowest BCUT2D eigenvalue weighted by Crippen LogP contribution is -2.96. The molecular formula is C28H33N2O2+. The maximum atomic E-state index is 10.9. The number of benzene rings is 3. The van der Waals surface area contributed by atoms with Crippen LogP contribution in [0.15, 0.2) is 84.9 Å². The predicted molar refractivity (Wildman–Crippen MR) is 128 cm³/mol. The third kappa shape index (κ3) is 6.28. The Balaban J connectivity index is 1.37. The van der Waals surface area contributed by atoms with E-state index in [1.54, 1.807) is 0 Å². The molecule has 0 amide bonds. The number of piperazine rings is 1. The first kappa shape index (κ1) is 22.3. The Kier molecular flexibility index (Phi) is 7.70. The van der Waals surface area contributed by atoms with Gasteiger partial charge in [0.25, 0.3) is 0 Å². The molecule has 0 bridgehead atoms. The average molecular weight is 430 g/mol. The van der Waals surface area contributed by atoms with E-state index in [0.29, 0.717) is 18.5 Å². The summed E-state index contributed by atoms with van der Waals surface area (Å²) in [5, 5.41) is 11.5. The molecule has 1 saturated heterocycles. The normalized spacial score (nSPS) is 19.0. The van der Waals surface area contributed by atoms with Gasteiger partial charge < -0.3 is 10.4 Å². The number of hydrogen-bond acceptors (Lipinski definition) is 2. The Morgan fingerprint density at radius 1 is 0.875 bits per heavy atom. The van der Waals surface area contributed by atoms with Gasteiger partial charge in [-0.2, -0.15) is 0 Å². The van der Waals surface area contributed by atoms with Crippen molar-refractivity contribution in [3.8, 4) is 11.1 Å². The van der Waals surface area contributed by atoms with Crippen LogP contribution in [0.2, 0.25) is 0 Å². The second-order valence-corrected chi connectivity index (χ2v) is 8.83. The lowest BCUT2D eigenvalue weighted by molar-refractivity contribution is -0.737. The molecular weight excluding hydrogens is 396 g/mol. The molecule has 3 N–H and O–H groups in total. The zero-order valence-electron chi connectivity index (χ0n) is 18.6. The van der Waals surface area contributed by atoms with E-state index in [0.717, 1.165) is 32.5 Å². The summed E-state index contributed by atoms with van der Waals surface area (Å²) in [4.78, 5) is 13.4. The first-order valence-corrected chi connectivity index (χ1v) is 11.7. The zero-order chi connectivity index (χ0) is 22.2. The summed E-state index contributed by atoms with van der Waals surface area (Å²) in [7, 11) is 0. The second kappa shape index (κ2) is 11.1. The van der Waals surface area contributed by atoms with Crippen molar-refractivity contribution in [3.05, 3.63) is 96.1 Å². The minimum atomic E-state index is -0.705. The Morgan fingerprint density at radius 3 is 2.22 bits per heavy atom. The molecule has 0 spiro atoms. The predicted octanol–water partition coefficient (Wildman–Crippen LogP) is 4.14. The Bertz CT molecular complexity index is 973. The molecule has 1 aliphatic rings. The van der Waals surface area contributed by atoms with Crippen LogP contribution in [0.3, 0.4) is 0 Å². The summed E-state index contributed by atoms with van der Waals surface area (Å²) in [6, 6.07) is 31.1. The topological polar surface area (TPSA) is 57.1 Å². The minimum Gasteiger partial charge on any atom is -0.481 e. The number of rotatable bonds is 9. The van der Waals surface area contributed by atoms with Gasteiger partial charge in [-0.05, 0) is 36.1 Å². The molecule has 1 aliphatic heterocycles. The molecule has 0 saturated carbocycles. The van der Waals surface area contributed by atoms with Crippen molar-refractivity contribution < 1.29 is 15.2 Å². The van der Waals surface area contributed by atoms with Gasteiger partial charge in [0.05, 0.1) is 19.1 Å². The smallest absolute Gasteiger partial charge is 0.303 e. The van der Waals surface area contributed by atoms with Crippen LogP contribution in [-0.4, -0.2) is 41.7 Å². The van der Waals surface area contributed by atoms with Crippen LogP contribution in [0.4, 0.5) is 0 Å². The van der Waals surface area contributed by atoms with E-state index in [-0.39, 0.29) is 6.42 Å². The molecule has 4 rings (SSSR count). The molecule has 32 heavy (non-hydrogen) atoms. The third-order valence-corrected chi connectivity index (χ3v) is 6.41. The summed E-state index contributed by atoms with van der Waals surface area (Å²) < 4.78 is 0. The van der Waals surface area contributed by atoms with Crippen molar-refractivity contribution in [2.24, 2.45) is 0 Å². The lowest BCUT2D eigenvalue weighted by atomic mass is 9.96. The number of aryl methyl sites for hydroxylation is 1. The fourth-order valence-corrected chi connectivity index (χ4v) is 4.72. The molecule has 0 aromatic heterocycles. The van der Waals surface area contributed by atoms with Crippen molar-refractivity contribution in [3.63, 3.8) is 0 Å². The van der Waals surface area contributed by atoms with Crippen LogP contribution in [0.5, 0.6) is 0 Å². The fourth-order valence-electron chi connectivity index (χ4n) is 4.72. The highest BCUT2D eigenvalue weighted by Crippen LogP contribution is 2.21. The maximum absolute atomic E-state index is 10.9. The van der Waals surface area contributed by atoms with Crippen LogP contribution >= 0.6 is 0 Å². The highest BCUT2D eigenvalue weighted by atomic mass is 16.4. The van der Waals surface area contributed by atoms with Gasteiger partial charge in [0, 0.05) is 18.4 Å². The molecule has 3 aromatic carbocycles. The standard InChI is InChI=1S/C28H32N2O2/c31-28(32)12-7-19-30-20-26(29-27(21-30)25-10-5-2-6-11-25)18-15-22-13-16-24(17-14-22)23-8-3-1-4-9-23/h1-6,8-11,13-14,16-17,26-27,29H,7,12,15,18-21H2,(H,31,32)/p+1. The van der Waals surface area contributed by atoms with Crippen LogP contribution in [0, 0.1) is 0 Å². The summed E-state index contributed by atoms with van der Waals surface area (Å²) in [6.07, 6.45) is 3.13. The van der Waals surface area contributed by atoms with E-state index < -0.39 is 5.97 Å². The van der Waals surface area contributed by atoms with Crippen molar-refractivity contribution in [1.82, 2.24) is 4.90 Å². The van der Waals surface area contributed by atoms with E-state index in [1.165, 1.54) is 22.3 Å². The second-order valence-electron chi connectivity index (χ2n) is 8.83. The Morgan fingerprint density at radius 2 is 1.53 bits per heavy atom. The number of carboxylic acid groups (broad SMARTS) is 1. The van der Waals surface area contributed by atoms with Crippen LogP contribution in [-0.2, 0) is 11.2 Å². The van der Waals surface area contributed by atoms with Gasteiger partial charge in [0.2, 0.25) is 0 Å². The Hall–Kier alpha value is -2.95. The van der Waals surface area contributed by atoms with Gasteiger partial charge >= 0.3 is 5.97 Å². The highest BCUT2D eigenvalue weighted by molar-refractivity contribution is 5.66. The minimum absolute atomic E-state index is 0.245. The lowest BCUT2D eigenvalue weighted by Gasteiger charge is -2.36. The summed E-state index contributed by atoms with van der Waals surface area (Å²) >= 11 is 0. The third-order valence-electron chi connectivity index (χ3n) is 6.41. The number of carbonyl (C=O) groups is 1. The molecule has 2 atom stereocenters. The molecule has 3 aromatic rings. The first-order valence-electron chi connectivity index (χ1n) is 11.7. The van der Waals surface area contributed by atoms with Crippen LogP contribution in [0.1, 0.15) is 36.4 Å². The van der Waals surface area contributed by atoms with Crippen molar-refractivity contribution in [2.75, 3.05) is 19.6 Å². The number of nitrogens with two attached hydrogens (primary N) is 1. The van der Waals surface area contributed by atoms with E-state index in [2.05, 4.69) is 89.1 Å². The maximum Gasteiger partial charge on any atom is 0.303 e. The molecule has 4 nitrogen and oxygen atoms in total. The van der Waals surface area contributed by atoms with E-state index in [4.69, 9.17) is 5.11 Å². The van der Waals surface area contributed by atoms with Crippen LogP contribution in [0.25, 0.3) is 11.1 Å². The fraction of sp³-hybridized carbons (Fsp3) is 0.321. The molecule has 166 valence electrons. The van der Waals surface area contributed by atoms with Crippen molar-refractivity contribution >= 4 is 5.97 Å². The number of hydrogen-bond donors (Lipinski definition) is 2. The Labute approximate surface area is 190 Å². The van der Waals surface area contributed by atoms with Gasteiger partial charge in [0.1, 0.15) is 6.04 Å². The van der Waals surface area contributed by atoms with E-state index >= 15 is 0 Å². The van der Waals surface area contributed by atoms with Crippen LogP contribution < -0.4 is 5.32 Å². The molecule has 0 radical (unpaired) electrons. The summed E-state index contributed by atoms with van der Waals surface area (Å²) in [5.74, 6) is -0.705. The largest absolute Gasteiger partial charge is 0.481 e. The first-order chi connectivity index (χ1) is 15.7. The SMILES string of the molecule is O=C(O)CCCN1CC(CCc2ccc(-c3ccccc3)cc2)[NH2+]C(c2ccccc2)C1. The monoisotopic (exact) mass is 429 g/mol. The van der Waals surface area contributed by atoms with Gasteiger partial charge in [-0.3, -0.25) is 9.69 Å². The van der Waals surface area contributed by atoms with Gasteiger partial charge in [-0.15, -0.1) is 0 Å². The highest BCUT2D eigenvalue weighted by Gasteiger charge is 2.30. The van der Waals surface area contributed by atoms with Gasteiger partial charge in [0.15, 0.2) is 0 Å². The van der Waals surface area contributed by atoms with Gasteiger partial charge in [-0.1, -0.05) is 84.9 Å². The number of nitrogens with zero attached hydrogens (tertiary/aromatic N) is 1. The van der Waals surface area contributed by atoms with E-state index in [1.807, 2.05) is 6.07 Å². The molecule has 2 unspecified atom stereocenters. The quantitative estimate of drug-likeness (QED) is 0.538. The average Bonchev–Trinajstić information content (AvgIpc) is 2.84. The number of aliphatic carboxylic acids is 1. The number of carboxylic acids is 1. The molecule has 1 fully saturated rings. The molecule has 1 heterocycles. The molecule has 0 aliphatic carbocycles. The van der Waals surface area contributed by atoms with E-state index in [9.17, 15) is 4.79 Å². The summed E-state index contributed by atoms with van der Waals surface area (Å²) in [5.41, 5.74) is 5.24. The summed E-state index contributed by atoms with van der Waals surface area (Å²) in [6.45, 7) is 2.85. The zero-order valence-corrected chi connectivity index (χ0v) is 18.6. The van der Waals surface area contributed by atoms with Crippen molar-refractivity contribution in [1.29, 1.82) is 0 Å². The molecule has 4 heteroatoms. The van der Waals surface area contributed by atoms with Gasteiger partial charge in [-0.25, -0.2) is 0 Å².